The number of ether oxygens (including phenoxy) is 2. The van der Waals surface area contributed by atoms with Crippen molar-refractivity contribution >= 4 is 11.9 Å². The highest BCUT2D eigenvalue weighted by Crippen LogP contribution is 2.22. The maximum atomic E-state index is 11.8. The molecule has 0 aromatic rings. The van der Waals surface area contributed by atoms with Crippen LogP contribution in [0.15, 0.2) is 11.6 Å². The van der Waals surface area contributed by atoms with E-state index in [0.29, 0.717) is 18.6 Å². The first-order chi connectivity index (χ1) is 9.35. The summed E-state index contributed by atoms with van der Waals surface area (Å²) in [6.45, 7) is 7.29. The van der Waals surface area contributed by atoms with Gasteiger partial charge in [0.2, 0.25) is 5.91 Å². The van der Waals surface area contributed by atoms with Gasteiger partial charge in [-0.15, -0.1) is 0 Å². The third-order valence-electron chi connectivity index (χ3n) is 2.97. The lowest BCUT2D eigenvalue weighted by atomic mass is 9.88. The molecule has 0 radical (unpaired) electrons. The lowest BCUT2D eigenvalue weighted by Gasteiger charge is -2.35. The molecule has 6 heteroatoms. The first-order valence-electron chi connectivity index (χ1n) is 6.91. The summed E-state index contributed by atoms with van der Waals surface area (Å²) < 4.78 is 10.7. The van der Waals surface area contributed by atoms with E-state index in [2.05, 4.69) is 5.32 Å². The van der Waals surface area contributed by atoms with Gasteiger partial charge in [-0.25, -0.2) is 4.79 Å². The fourth-order valence-corrected chi connectivity index (χ4v) is 2.23. The van der Waals surface area contributed by atoms with Gasteiger partial charge in [-0.3, -0.25) is 4.79 Å². The second-order valence-corrected chi connectivity index (χ2v) is 5.16. The van der Waals surface area contributed by atoms with Crippen molar-refractivity contribution in [1.82, 2.24) is 5.32 Å². The van der Waals surface area contributed by atoms with Crippen LogP contribution in [0.3, 0.4) is 0 Å². The zero-order chi connectivity index (χ0) is 15.3. The maximum Gasteiger partial charge on any atom is 0.333 e. The van der Waals surface area contributed by atoms with Gasteiger partial charge in [-0.1, -0.05) is 0 Å². The van der Waals surface area contributed by atoms with Crippen molar-refractivity contribution in [2.75, 3.05) is 6.61 Å². The number of nitrogens with one attached hydrogen (secondary N) is 1. The third kappa shape index (κ3) is 4.61. The van der Waals surface area contributed by atoms with E-state index in [-0.39, 0.29) is 30.1 Å². The summed E-state index contributed by atoms with van der Waals surface area (Å²) in [6.07, 6.45) is 1.60. The lowest BCUT2D eigenvalue weighted by molar-refractivity contribution is -0.139. The van der Waals surface area contributed by atoms with Gasteiger partial charge in [0.25, 0.3) is 0 Å². The fourth-order valence-electron chi connectivity index (χ4n) is 2.23. The Kier molecular flexibility index (Phi) is 6.16. The van der Waals surface area contributed by atoms with E-state index in [1.807, 2.05) is 13.8 Å². The van der Waals surface area contributed by atoms with Crippen LogP contribution in [-0.2, 0) is 19.1 Å². The van der Waals surface area contributed by atoms with Gasteiger partial charge in [0.1, 0.15) is 0 Å². The zero-order valence-corrected chi connectivity index (χ0v) is 12.5. The van der Waals surface area contributed by atoms with Crippen LogP contribution < -0.4 is 11.1 Å². The van der Waals surface area contributed by atoms with Crippen LogP contribution in [0, 0.1) is 0 Å². The molecule has 0 spiro atoms. The monoisotopic (exact) mass is 284 g/mol. The number of hydrogen-bond acceptors (Lipinski definition) is 5. The number of nitrogens with two attached hydrogens (primary N) is 1. The molecule has 1 aliphatic rings. The summed E-state index contributed by atoms with van der Waals surface area (Å²) in [4.78, 5) is 23.1. The SMILES string of the molecule is CCOC(=O)C1=C[C@@H](OC(C)C)[C@H](NC(C)=O)[C@@H](N)C1. The molecule has 0 heterocycles. The molecular weight excluding hydrogens is 260 g/mol. The Morgan fingerprint density at radius 2 is 2.15 bits per heavy atom. The van der Waals surface area contributed by atoms with Gasteiger partial charge in [-0.2, -0.15) is 0 Å². The van der Waals surface area contributed by atoms with Crippen molar-refractivity contribution in [2.24, 2.45) is 5.73 Å². The number of amides is 1. The van der Waals surface area contributed by atoms with Gasteiger partial charge in [0.15, 0.2) is 0 Å². The Hall–Kier alpha value is -1.40. The molecule has 0 saturated carbocycles. The van der Waals surface area contributed by atoms with E-state index in [0.717, 1.165) is 0 Å². The molecular formula is C14H24N2O4. The molecule has 0 fully saturated rings. The number of rotatable bonds is 5. The first-order valence-corrected chi connectivity index (χ1v) is 6.91. The molecule has 3 atom stereocenters. The number of carbonyl (C=O) groups is 2. The van der Waals surface area contributed by atoms with Gasteiger partial charge in [0, 0.05) is 18.5 Å². The van der Waals surface area contributed by atoms with E-state index in [1.165, 1.54) is 6.92 Å². The molecule has 0 unspecified atom stereocenters. The Morgan fingerprint density at radius 1 is 1.50 bits per heavy atom. The molecule has 6 nitrogen and oxygen atoms in total. The molecule has 0 aromatic carbocycles. The molecule has 20 heavy (non-hydrogen) atoms. The van der Waals surface area contributed by atoms with Crippen LogP contribution in [-0.4, -0.2) is 42.8 Å². The normalized spacial score (nSPS) is 26.1. The average molecular weight is 284 g/mol. The second kappa shape index (κ2) is 7.40. The molecule has 1 amide bonds. The van der Waals surface area contributed by atoms with Gasteiger partial charge in [0.05, 0.1) is 24.9 Å². The molecule has 1 rings (SSSR count). The first kappa shape index (κ1) is 16.7. The van der Waals surface area contributed by atoms with Crippen LogP contribution in [0.2, 0.25) is 0 Å². The van der Waals surface area contributed by atoms with E-state index < -0.39 is 6.10 Å². The van der Waals surface area contributed by atoms with Crippen LogP contribution in [0.25, 0.3) is 0 Å². The summed E-state index contributed by atoms with van der Waals surface area (Å²) in [5, 5.41) is 2.79. The molecule has 3 N–H and O–H groups in total. The van der Waals surface area contributed by atoms with Crippen molar-refractivity contribution in [3.63, 3.8) is 0 Å². The minimum atomic E-state index is -0.429. The number of esters is 1. The maximum absolute atomic E-state index is 11.8. The quantitative estimate of drug-likeness (QED) is 0.718. The van der Waals surface area contributed by atoms with E-state index in [9.17, 15) is 9.59 Å². The van der Waals surface area contributed by atoms with Crippen molar-refractivity contribution < 1.29 is 19.1 Å². The average Bonchev–Trinajstić information content (AvgIpc) is 2.32. The van der Waals surface area contributed by atoms with Crippen LogP contribution in [0.5, 0.6) is 0 Å². The van der Waals surface area contributed by atoms with E-state index in [4.69, 9.17) is 15.2 Å². The van der Waals surface area contributed by atoms with Crippen LogP contribution >= 0.6 is 0 Å². The topological polar surface area (TPSA) is 90.6 Å². The van der Waals surface area contributed by atoms with Crippen LogP contribution in [0.1, 0.15) is 34.1 Å². The van der Waals surface area contributed by atoms with Crippen molar-refractivity contribution in [3.8, 4) is 0 Å². The standard InChI is InChI=1S/C14H24N2O4/c1-5-19-14(18)10-6-11(15)13(16-9(4)17)12(7-10)20-8(2)3/h7-8,11-13H,5-6,15H2,1-4H3,(H,16,17)/t11-,12+,13+/m0/s1. The molecule has 0 aromatic heterocycles. The minimum absolute atomic E-state index is 0.0405. The molecule has 114 valence electrons. The molecule has 1 aliphatic carbocycles. The lowest BCUT2D eigenvalue weighted by Crippen LogP contribution is -2.56. The van der Waals surface area contributed by atoms with Crippen molar-refractivity contribution in [2.45, 2.75) is 58.4 Å². The summed E-state index contributed by atoms with van der Waals surface area (Å²) in [6, 6.07) is -0.722. The fraction of sp³-hybridized carbons (Fsp3) is 0.714. The predicted molar refractivity (Wildman–Crippen MR) is 74.9 cm³/mol. The van der Waals surface area contributed by atoms with E-state index in [1.54, 1.807) is 13.0 Å². The predicted octanol–water partition coefficient (Wildman–Crippen LogP) is 0.505. The molecule has 0 saturated heterocycles. The highest BCUT2D eigenvalue weighted by atomic mass is 16.5. The third-order valence-corrected chi connectivity index (χ3v) is 2.97. The van der Waals surface area contributed by atoms with E-state index >= 15 is 0 Å². The zero-order valence-electron chi connectivity index (χ0n) is 12.5. The summed E-state index contributed by atoms with van der Waals surface area (Å²) >= 11 is 0. The number of hydrogen-bond donors (Lipinski definition) is 2. The Labute approximate surface area is 119 Å². The molecule has 0 aliphatic heterocycles. The Morgan fingerprint density at radius 3 is 2.65 bits per heavy atom. The van der Waals surface area contributed by atoms with Crippen LogP contribution in [0.4, 0.5) is 0 Å². The summed E-state index contributed by atoms with van der Waals surface area (Å²) in [5.41, 5.74) is 6.58. The summed E-state index contributed by atoms with van der Waals surface area (Å²) in [7, 11) is 0. The Balaban J connectivity index is 2.94. The highest BCUT2D eigenvalue weighted by molar-refractivity contribution is 5.89. The smallest absolute Gasteiger partial charge is 0.333 e. The van der Waals surface area contributed by atoms with Gasteiger partial charge < -0.3 is 20.5 Å². The van der Waals surface area contributed by atoms with Crippen molar-refractivity contribution in [1.29, 1.82) is 0 Å². The molecule has 0 bridgehead atoms. The second-order valence-electron chi connectivity index (χ2n) is 5.16. The number of carbonyl (C=O) groups excluding carboxylic acids is 2. The van der Waals surface area contributed by atoms with Gasteiger partial charge >= 0.3 is 5.97 Å². The minimum Gasteiger partial charge on any atom is -0.463 e. The largest absolute Gasteiger partial charge is 0.463 e. The van der Waals surface area contributed by atoms with Crippen molar-refractivity contribution in [3.05, 3.63) is 11.6 Å². The van der Waals surface area contributed by atoms with Gasteiger partial charge in [-0.05, 0) is 33.3 Å². The Bertz CT molecular complexity index is 393. The highest BCUT2D eigenvalue weighted by Gasteiger charge is 2.35. The summed E-state index contributed by atoms with van der Waals surface area (Å²) in [5.74, 6) is -0.544.